The van der Waals surface area contributed by atoms with E-state index in [-0.39, 0.29) is 11.7 Å². The van der Waals surface area contributed by atoms with Gasteiger partial charge in [-0.2, -0.15) is 4.37 Å². The van der Waals surface area contributed by atoms with Crippen LogP contribution in [-0.2, 0) is 9.84 Å². The average molecular weight is 186 g/mol. The third-order valence-corrected chi connectivity index (χ3v) is 1.71. The topological polar surface area (TPSA) is 59.1 Å². The van der Waals surface area contributed by atoms with Gasteiger partial charge < -0.3 is 4.74 Å². The molecule has 1 aromatic rings. The van der Waals surface area contributed by atoms with Gasteiger partial charge >= 0.3 is 5.97 Å². The molecule has 0 saturated carbocycles. The number of hydrogen-bond acceptors (Lipinski definition) is 4. The maximum Gasteiger partial charge on any atom is 0.345 e. The van der Waals surface area contributed by atoms with E-state index < -0.39 is 11.8 Å². The molecule has 12 heavy (non-hydrogen) atoms. The highest BCUT2D eigenvalue weighted by molar-refractivity contribution is 7.04. The third kappa shape index (κ3) is 1.94. The highest BCUT2D eigenvalue weighted by atomic mass is 32.1. The van der Waals surface area contributed by atoms with Gasteiger partial charge in [0.25, 0.3) is 5.88 Å². The van der Waals surface area contributed by atoms with E-state index in [1.807, 2.05) is 0 Å². The Balaban J connectivity index is 2.72. The number of hydrogen-bond donors (Lipinski definition) is 0. The Morgan fingerprint density at radius 2 is 2.33 bits per heavy atom. The van der Waals surface area contributed by atoms with Gasteiger partial charge in [0.05, 0.1) is 6.10 Å². The molecule has 5 heteroatoms. The summed E-state index contributed by atoms with van der Waals surface area (Å²) in [6.07, 6.45) is -0.211. The maximum absolute atomic E-state index is 11.1. The lowest BCUT2D eigenvalue weighted by Gasteiger charge is -2.04. The fourth-order valence-corrected chi connectivity index (χ4v) is 1.19. The van der Waals surface area contributed by atoms with Gasteiger partial charge in [-0.05, 0) is 25.4 Å². The zero-order chi connectivity index (χ0) is 9.14. The van der Waals surface area contributed by atoms with E-state index >= 15 is 0 Å². The lowest BCUT2D eigenvalue weighted by Crippen LogP contribution is -2.10. The molecule has 0 amide bonds. The van der Waals surface area contributed by atoms with E-state index in [1.54, 1.807) is 13.8 Å². The van der Waals surface area contributed by atoms with Crippen LogP contribution in [0.2, 0.25) is 0 Å². The van der Waals surface area contributed by atoms with E-state index in [2.05, 4.69) is 4.37 Å². The molecule has 0 fully saturated rings. The first kappa shape index (κ1) is 8.99. The summed E-state index contributed by atoms with van der Waals surface area (Å²) in [5.41, 5.74) is 0.0219. The molecule has 1 aromatic heterocycles. The van der Waals surface area contributed by atoms with Crippen LogP contribution in [0, 0.1) is 0 Å². The van der Waals surface area contributed by atoms with Crippen molar-refractivity contribution in [2.45, 2.75) is 20.0 Å². The van der Waals surface area contributed by atoms with Crippen LogP contribution in [-0.4, -0.2) is 16.4 Å². The maximum atomic E-state index is 11.1. The summed E-state index contributed by atoms with van der Waals surface area (Å²) in [7, 11) is 0. The zero-order valence-electron chi connectivity index (χ0n) is 6.73. The van der Waals surface area contributed by atoms with Crippen molar-refractivity contribution in [2.24, 2.45) is 0 Å². The van der Waals surface area contributed by atoms with Crippen LogP contribution in [0.25, 0.3) is 0 Å². The molecule has 0 bridgehead atoms. The fourth-order valence-electron chi connectivity index (χ4n) is 0.639. The molecule has 0 aromatic carbocycles. The van der Waals surface area contributed by atoms with Crippen LogP contribution < -0.4 is 0 Å². The van der Waals surface area contributed by atoms with Crippen LogP contribution in [0.15, 0.2) is 5.38 Å². The average Bonchev–Trinajstić information content (AvgIpc) is 2.33. The van der Waals surface area contributed by atoms with Crippen molar-refractivity contribution in [3.05, 3.63) is 10.9 Å². The van der Waals surface area contributed by atoms with Gasteiger partial charge in [-0.15, -0.1) is 0 Å². The van der Waals surface area contributed by atoms with Crippen molar-refractivity contribution in [3.8, 4) is 5.88 Å². The second-order valence-corrected chi connectivity index (χ2v) is 3.12. The Labute approximate surface area is 74.0 Å². The van der Waals surface area contributed by atoms with Crippen LogP contribution >= 0.6 is 11.5 Å². The molecule has 0 unspecified atom stereocenters. The molecule has 65 valence electrons. The number of rotatable bonds is 2. The van der Waals surface area contributed by atoms with E-state index in [0.717, 1.165) is 11.5 Å². The minimum Gasteiger partial charge on any atom is -0.459 e. The number of carbonyl (C=O) groups is 1. The highest BCUT2D eigenvalue weighted by Gasteiger charge is 2.17. The van der Waals surface area contributed by atoms with E-state index in [1.165, 1.54) is 5.38 Å². The quantitative estimate of drug-likeness (QED) is 0.662. The van der Waals surface area contributed by atoms with Gasteiger partial charge in [0.1, 0.15) is 5.56 Å². The van der Waals surface area contributed by atoms with Crippen molar-refractivity contribution in [1.82, 2.24) is 4.37 Å². The minimum atomic E-state index is -0.594. The molecular formula is C7H8NO3S. The van der Waals surface area contributed by atoms with Crippen molar-refractivity contribution in [3.63, 3.8) is 0 Å². The Kier molecular flexibility index (Phi) is 2.65. The zero-order valence-corrected chi connectivity index (χ0v) is 7.55. The summed E-state index contributed by atoms with van der Waals surface area (Å²) in [5.74, 6) is -1.10. The normalized spacial score (nSPS) is 10.2. The van der Waals surface area contributed by atoms with Crippen LogP contribution in [0.4, 0.5) is 0 Å². The van der Waals surface area contributed by atoms with Gasteiger partial charge in [0, 0.05) is 5.38 Å². The highest BCUT2D eigenvalue weighted by Crippen LogP contribution is 2.18. The van der Waals surface area contributed by atoms with E-state index in [4.69, 9.17) is 4.74 Å². The minimum absolute atomic E-state index is 0.0219. The molecule has 0 atom stereocenters. The van der Waals surface area contributed by atoms with Crippen LogP contribution in [0.1, 0.15) is 24.2 Å². The molecule has 0 aliphatic carbocycles. The van der Waals surface area contributed by atoms with Crippen molar-refractivity contribution in [1.29, 1.82) is 0 Å². The van der Waals surface area contributed by atoms with Gasteiger partial charge in [0.2, 0.25) is 0 Å². The van der Waals surface area contributed by atoms with Gasteiger partial charge in [-0.3, -0.25) is 5.11 Å². The molecule has 0 saturated heterocycles. The Hall–Kier alpha value is -1.10. The third-order valence-electron chi connectivity index (χ3n) is 1.10. The number of esters is 1. The first-order valence-electron chi connectivity index (χ1n) is 3.43. The molecule has 1 heterocycles. The SMILES string of the molecule is CC(C)OC(=O)c1csnc1[O]. The summed E-state index contributed by atoms with van der Waals surface area (Å²) >= 11 is 0.958. The smallest absolute Gasteiger partial charge is 0.345 e. The first-order valence-corrected chi connectivity index (χ1v) is 4.27. The van der Waals surface area contributed by atoms with E-state index in [0.29, 0.717) is 0 Å². The summed E-state index contributed by atoms with van der Waals surface area (Å²) < 4.78 is 8.23. The van der Waals surface area contributed by atoms with Gasteiger partial charge in [-0.1, -0.05) is 0 Å². The van der Waals surface area contributed by atoms with Gasteiger partial charge in [-0.25, -0.2) is 4.79 Å². The van der Waals surface area contributed by atoms with Crippen molar-refractivity contribution < 1.29 is 14.6 Å². The monoisotopic (exact) mass is 186 g/mol. The summed E-state index contributed by atoms with van der Waals surface area (Å²) in [5, 5.41) is 12.2. The second kappa shape index (κ2) is 3.53. The Bertz CT molecular complexity index is 282. The van der Waals surface area contributed by atoms with Crippen LogP contribution in [0.3, 0.4) is 0 Å². The first-order chi connectivity index (χ1) is 5.61. The number of ether oxygens (including phenoxy) is 1. The van der Waals surface area contributed by atoms with E-state index in [9.17, 15) is 9.90 Å². The molecule has 1 radical (unpaired) electrons. The largest absolute Gasteiger partial charge is 0.459 e. The lowest BCUT2D eigenvalue weighted by molar-refractivity contribution is 0.0373. The second-order valence-electron chi connectivity index (χ2n) is 2.49. The summed E-state index contributed by atoms with van der Waals surface area (Å²) in [6, 6.07) is 0. The summed E-state index contributed by atoms with van der Waals surface area (Å²) in [6.45, 7) is 3.45. The standard InChI is InChI=1S/C7H8NO3S/c1-4(2)11-7(10)5-3-12-8-6(5)9/h3-4H,1-2H3. The van der Waals surface area contributed by atoms with Crippen LogP contribution in [0.5, 0.6) is 5.88 Å². The number of carbonyl (C=O) groups excluding carboxylic acids is 1. The summed E-state index contributed by atoms with van der Waals surface area (Å²) in [4.78, 5) is 11.1. The van der Waals surface area contributed by atoms with Crippen molar-refractivity contribution in [2.75, 3.05) is 0 Å². The predicted molar refractivity (Wildman–Crippen MR) is 42.8 cm³/mol. The van der Waals surface area contributed by atoms with Crippen molar-refractivity contribution >= 4 is 17.5 Å². The Morgan fingerprint density at radius 1 is 1.67 bits per heavy atom. The molecule has 1 rings (SSSR count). The number of aromatic nitrogens is 1. The predicted octanol–water partition coefficient (Wildman–Crippen LogP) is 1.85. The lowest BCUT2D eigenvalue weighted by atomic mass is 10.3. The van der Waals surface area contributed by atoms with Gasteiger partial charge in [0.15, 0.2) is 0 Å². The molecule has 0 aliphatic rings. The number of nitrogens with zero attached hydrogens (tertiary/aromatic N) is 1. The molecule has 0 spiro atoms. The fraction of sp³-hybridized carbons (Fsp3) is 0.429. The molecule has 0 aliphatic heterocycles. The Morgan fingerprint density at radius 3 is 2.75 bits per heavy atom. The molecular weight excluding hydrogens is 178 g/mol. The molecule has 4 nitrogen and oxygen atoms in total. The molecule has 0 N–H and O–H groups in total.